The molecule has 0 unspecified atom stereocenters. The second-order valence-electron chi connectivity index (χ2n) is 20.2. The number of hydrogen-bond acceptors (Lipinski definition) is 11. The van der Waals surface area contributed by atoms with Gasteiger partial charge in [0.25, 0.3) is 0 Å². The van der Waals surface area contributed by atoms with Gasteiger partial charge in [-0.3, -0.25) is 0 Å². The van der Waals surface area contributed by atoms with Gasteiger partial charge in [-0.05, 0) is 80.4 Å². The summed E-state index contributed by atoms with van der Waals surface area (Å²) in [6.45, 7) is 32.9. The molecule has 348 valence electrons. The van der Waals surface area contributed by atoms with E-state index >= 15 is 0 Å². The highest BCUT2D eigenvalue weighted by atomic mass is 28.4. The Hall–Kier alpha value is -1.50. The fraction of sp³-hybridized carbons (Fsp3) is 0.809. The van der Waals surface area contributed by atoms with Crippen LogP contribution < -0.4 is 0 Å². The fourth-order valence-corrected chi connectivity index (χ4v) is 9.88. The van der Waals surface area contributed by atoms with Gasteiger partial charge in [0.15, 0.2) is 16.6 Å². The van der Waals surface area contributed by atoms with E-state index in [0.717, 1.165) is 24.8 Å². The van der Waals surface area contributed by atoms with E-state index in [-0.39, 0.29) is 66.5 Å². The number of hydrogen-bond donors (Lipinski definition) is 0. The zero-order valence-electron chi connectivity index (χ0n) is 40.7. The summed E-state index contributed by atoms with van der Waals surface area (Å²) in [7, 11) is 0.325. The number of methoxy groups -OCH3 is 3. The third-order valence-corrected chi connectivity index (χ3v) is 22.1. The molecule has 0 aromatic heterocycles. The average molecular weight is 883 g/mol. The van der Waals surface area contributed by atoms with Gasteiger partial charge < -0.3 is 46.7 Å². The normalized spacial score (nSPS) is 22.4. The van der Waals surface area contributed by atoms with Gasteiger partial charge in [-0.15, -0.1) is 0 Å². The lowest BCUT2D eigenvalue weighted by Crippen LogP contribution is -2.52. The Morgan fingerprint density at radius 2 is 1.52 bits per heavy atom. The van der Waals surface area contributed by atoms with Crippen LogP contribution in [-0.2, 0) is 58.1 Å². The molecule has 0 aliphatic carbocycles. The van der Waals surface area contributed by atoms with Crippen molar-refractivity contribution in [1.82, 2.24) is 0 Å². The second kappa shape index (κ2) is 25.1. The Morgan fingerprint density at radius 1 is 0.900 bits per heavy atom. The molecule has 1 heterocycles. The van der Waals surface area contributed by atoms with E-state index in [4.69, 9.17) is 46.7 Å². The summed E-state index contributed by atoms with van der Waals surface area (Å²) in [5, 5.41) is 0.0747. The third-order valence-electron chi connectivity index (χ3n) is 13.1. The first-order chi connectivity index (χ1) is 28.0. The molecule has 0 saturated carbocycles. The van der Waals surface area contributed by atoms with Gasteiger partial charge in [0.1, 0.15) is 26.5 Å². The van der Waals surface area contributed by atoms with Crippen LogP contribution in [0, 0.1) is 17.8 Å². The molecule has 9 atom stereocenters. The summed E-state index contributed by atoms with van der Waals surface area (Å²) in [5.41, 5.74) is 0.496. The number of carbonyl (C=O) groups is 1. The van der Waals surface area contributed by atoms with Crippen LogP contribution >= 0.6 is 0 Å². The van der Waals surface area contributed by atoms with E-state index < -0.39 is 40.4 Å². The Kier molecular flexibility index (Phi) is 22.9. The van der Waals surface area contributed by atoms with Crippen molar-refractivity contribution >= 4 is 22.6 Å². The summed E-state index contributed by atoms with van der Waals surface area (Å²) >= 11 is 0. The quantitative estimate of drug-likeness (QED) is 0.0264. The molecule has 1 aromatic rings. The van der Waals surface area contributed by atoms with Crippen molar-refractivity contribution < 1.29 is 51.5 Å². The van der Waals surface area contributed by atoms with Crippen molar-refractivity contribution in [1.29, 1.82) is 0 Å². The minimum Gasteiger partial charge on any atom is -0.466 e. The molecule has 0 radical (unpaired) electrons. The Labute approximate surface area is 367 Å². The lowest BCUT2D eigenvalue weighted by molar-refractivity contribution is -0.230. The Balaban J connectivity index is 2.65. The zero-order chi connectivity index (χ0) is 45.4. The molecule has 0 spiro atoms. The van der Waals surface area contributed by atoms with Crippen LogP contribution in [0.1, 0.15) is 107 Å². The van der Waals surface area contributed by atoms with Gasteiger partial charge in [-0.1, -0.05) is 105 Å². The van der Waals surface area contributed by atoms with Gasteiger partial charge in [0.2, 0.25) is 0 Å². The SMILES string of the molecule is CCC[C@@H](CO[Si](C)(C)C(C)(C)C)[C@@H](C[C@@H](OCOC)[C@H](C)[C@H](OCOC)[C@H](OCOCc1ccccc1)[C@@H]1O[C@@](C)(C/C=C/C(=O)OC)C[C@@H]1C)O[Si](C)(C)C(C)(C)C. The summed E-state index contributed by atoms with van der Waals surface area (Å²) in [6.07, 6.45) is 5.10. The molecule has 60 heavy (non-hydrogen) atoms. The minimum absolute atomic E-state index is 0.00571. The molecule has 13 heteroatoms. The first kappa shape index (κ1) is 54.6. The van der Waals surface area contributed by atoms with Crippen molar-refractivity contribution in [2.75, 3.05) is 48.3 Å². The highest BCUT2D eigenvalue weighted by Gasteiger charge is 2.50. The number of ether oxygens (including phenoxy) is 8. The summed E-state index contributed by atoms with van der Waals surface area (Å²) in [6, 6.07) is 10.0. The molecule has 0 bridgehead atoms. The monoisotopic (exact) mass is 883 g/mol. The molecule has 1 fully saturated rings. The molecule has 2 rings (SSSR count). The van der Waals surface area contributed by atoms with E-state index in [0.29, 0.717) is 26.1 Å². The standard InChI is InChI=1S/C47H86O11Si2/c1-18-23-38(31-56-59(14,15)45(4,5)6)40(58-60(16,17)46(7,8)9)28-39(53-32-49-11)36(3)43(54-33-50-12)44(55-34-52-30-37-24-20-19-21-25-37)42-35(2)29-47(10,57-42)27-22-26-41(48)51-13/h19-22,24-26,35-36,38-40,42-44H,18,23,27-34H2,1-17H3/b26-22+/t35-,36-,38-,39+,40+,42+,43-,44+,47-/m0/s1. The van der Waals surface area contributed by atoms with Crippen LogP contribution in [0.25, 0.3) is 0 Å². The second-order valence-corrected chi connectivity index (χ2v) is 29.8. The smallest absolute Gasteiger partial charge is 0.330 e. The molecular formula is C47H86O11Si2. The number of carbonyl (C=O) groups excluding carboxylic acids is 1. The lowest BCUT2D eigenvalue weighted by atomic mass is 9.83. The lowest BCUT2D eigenvalue weighted by Gasteiger charge is -2.45. The van der Waals surface area contributed by atoms with Gasteiger partial charge in [0, 0.05) is 38.7 Å². The van der Waals surface area contributed by atoms with Gasteiger partial charge in [-0.25, -0.2) is 4.79 Å². The highest BCUT2D eigenvalue weighted by Crippen LogP contribution is 2.44. The zero-order valence-corrected chi connectivity index (χ0v) is 42.7. The third kappa shape index (κ3) is 17.2. The molecule has 0 amide bonds. The van der Waals surface area contributed by atoms with Gasteiger partial charge >= 0.3 is 5.97 Å². The average Bonchev–Trinajstić information content (AvgIpc) is 3.47. The maximum Gasteiger partial charge on any atom is 0.330 e. The minimum atomic E-state index is -2.27. The molecule has 11 nitrogen and oxygen atoms in total. The van der Waals surface area contributed by atoms with Gasteiger partial charge in [0.05, 0.1) is 43.7 Å². The van der Waals surface area contributed by atoms with Crippen LogP contribution in [0.2, 0.25) is 36.3 Å². The first-order valence-corrected chi connectivity index (χ1v) is 28.0. The molecule has 1 aromatic carbocycles. The van der Waals surface area contributed by atoms with E-state index in [1.165, 1.54) is 13.2 Å². The maximum atomic E-state index is 11.9. The fourth-order valence-electron chi connectivity index (χ4n) is 7.42. The number of rotatable bonds is 28. The van der Waals surface area contributed by atoms with Crippen LogP contribution in [0.15, 0.2) is 42.5 Å². The highest BCUT2D eigenvalue weighted by molar-refractivity contribution is 6.74. The topological polar surface area (TPSA) is 109 Å². The van der Waals surface area contributed by atoms with Crippen LogP contribution in [0.4, 0.5) is 0 Å². The molecule has 1 saturated heterocycles. The van der Waals surface area contributed by atoms with E-state index in [1.54, 1.807) is 14.2 Å². The van der Waals surface area contributed by atoms with E-state index in [2.05, 4.69) is 95.4 Å². The maximum absolute atomic E-state index is 11.9. The van der Waals surface area contributed by atoms with Crippen molar-refractivity contribution in [3.63, 3.8) is 0 Å². The van der Waals surface area contributed by atoms with Crippen molar-refractivity contribution in [2.45, 2.75) is 180 Å². The predicted molar refractivity (Wildman–Crippen MR) is 245 cm³/mol. The number of esters is 1. The molecule has 0 N–H and O–H groups in total. The van der Waals surface area contributed by atoms with Crippen LogP contribution in [-0.4, -0.2) is 107 Å². The van der Waals surface area contributed by atoms with Crippen LogP contribution in [0.5, 0.6) is 0 Å². The predicted octanol–water partition coefficient (Wildman–Crippen LogP) is 10.7. The summed E-state index contributed by atoms with van der Waals surface area (Å²) in [4.78, 5) is 11.9. The molecular weight excluding hydrogens is 797 g/mol. The van der Waals surface area contributed by atoms with Crippen molar-refractivity contribution in [2.24, 2.45) is 17.8 Å². The summed E-state index contributed by atoms with van der Waals surface area (Å²) < 4.78 is 63.7. The molecule has 1 aliphatic heterocycles. The number of benzene rings is 1. The van der Waals surface area contributed by atoms with Crippen LogP contribution in [0.3, 0.4) is 0 Å². The largest absolute Gasteiger partial charge is 0.466 e. The van der Waals surface area contributed by atoms with E-state index in [1.807, 2.05) is 36.4 Å². The summed E-state index contributed by atoms with van der Waals surface area (Å²) in [5.74, 6) is -0.417. The Morgan fingerprint density at radius 3 is 2.08 bits per heavy atom. The van der Waals surface area contributed by atoms with Crippen molar-refractivity contribution in [3.05, 3.63) is 48.0 Å². The van der Waals surface area contributed by atoms with E-state index in [9.17, 15) is 4.79 Å². The van der Waals surface area contributed by atoms with Gasteiger partial charge in [-0.2, -0.15) is 0 Å². The first-order valence-electron chi connectivity index (χ1n) is 22.1. The Bertz CT molecular complexity index is 1380. The van der Waals surface area contributed by atoms with Crippen molar-refractivity contribution in [3.8, 4) is 0 Å². The molecule has 1 aliphatic rings.